The Balaban J connectivity index is 1.19. The van der Waals surface area contributed by atoms with Gasteiger partial charge >= 0.3 is 0 Å². The Labute approximate surface area is 397 Å². The Kier molecular flexibility index (Phi) is 10.6. The van der Waals surface area contributed by atoms with Gasteiger partial charge in [-0.15, -0.1) is 0 Å². The molecule has 0 aliphatic rings. The Morgan fingerprint density at radius 2 is 0.471 bits per heavy atom. The summed E-state index contributed by atoms with van der Waals surface area (Å²) in [6.45, 7) is 0. The van der Waals surface area contributed by atoms with E-state index < -0.39 is 0 Å². The maximum atomic E-state index is 5.34. The summed E-state index contributed by atoms with van der Waals surface area (Å²) in [6, 6.07) is 95.9. The summed E-state index contributed by atoms with van der Waals surface area (Å²) in [7, 11) is 0. The number of hydrogen-bond acceptors (Lipinski definition) is 2. The van der Waals surface area contributed by atoms with E-state index in [0.29, 0.717) is 5.82 Å². The molecule has 0 aliphatic carbocycles. The highest BCUT2D eigenvalue weighted by atomic mass is 14.9. The molecule has 12 rings (SSSR count). The van der Waals surface area contributed by atoms with Crippen molar-refractivity contribution in [2.45, 2.75) is 0 Å². The minimum atomic E-state index is 0.674. The molecule has 0 unspecified atom stereocenters. The molecule has 12 aromatic rings. The fourth-order valence-electron chi connectivity index (χ4n) is 9.76. The van der Waals surface area contributed by atoms with Crippen molar-refractivity contribution in [1.29, 1.82) is 0 Å². The minimum absolute atomic E-state index is 0.674. The topological polar surface area (TPSA) is 25.8 Å². The Bertz CT molecular complexity index is 3570. The summed E-state index contributed by atoms with van der Waals surface area (Å²) in [5, 5.41) is 4.64. The van der Waals surface area contributed by atoms with Gasteiger partial charge in [-0.2, -0.15) is 0 Å². The molecule has 0 radical (unpaired) electrons. The molecular weight excluding hydrogens is 821 g/mol. The second-order valence-electron chi connectivity index (χ2n) is 17.3. The molecule has 0 N–H and O–H groups in total. The molecule has 0 bridgehead atoms. The molecule has 68 heavy (non-hydrogen) atoms. The molecule has 318 valence electrons. The fourth-order valence-corrected chi connectivity index (χ4v) is 9.76. The van der Waals surface area contributed by atoms with Crippen LogP contribution in [-0.4, -0.2) is 9.97 Å². The summed E-state index contributed by atoms with van der Waals surface area (Å²) in [5.41, 5.74) is 18.8. The van der Waals surface area contributed by atoms with Crippen molar-refractivity contribution in [2.75, 3.05) is 0 Å². The predicted octanol–water partition coefficient (Wildman–Crippen LogP) is 17.8. The van der Waals surface area contributed by atoms with E-state index in [1.165, 1.54) is 55.3 Å². The van der Waals surface area contributed by atoms with E-state index in [4.69, 9.17) is 9.97 Å². The van der Waals surface area contributed by atoms with Crippen LogP contribution in [0.4, 0.5) is 0 Å². The molecule has 0 spiro atoms. The lowest BCUT2D eigenvalue weighted by molar-refractivity contribution is 1.18. The lowest BCUT2D eigenvalue weighted by Gasteiger charge is -2.21. The lowest BCUT2D eigenvalue weighted by atomic mass is 9.83. The van der Waals surface area contributed by atoms with Gasteiger partial charge < -0.3 is 0 Å². The quantitative estimate of drug-likeness (QED) is 0.135. The van der Waals surface area contributed by atoms with Crippen molar-refractivity contribution >= 4 is 21.5 Å². The van der Waals surface area contributed by atoms with Gasteiger partial charge in [-0.05, 0) is 137 Å². The van der Waals surface area contributed by atoms with Crippen molar-refractivity contribution < 1.29 is 0 Å². The van der Waals surface area contributed by atoms with Crippen LogP contribution in [0.1, 0.15) is 0 Å². The number of nitrogens with zero attached hydrogens (tertiary/aromatic N) is 2. The summed E-state index contributed by atoms with van der Waals surface area (Å²) >= 11 is 0. The molecule has 2 heteroatoms. The largest absolute Gasteiger partial charge is 0.228 e. The Morgan fingerprint density at radius 1 is 0.176 bits per heavy atom. The van der Waals surface area contributed by atoms with E-state index in [2.05, 4.69) is 255 Å². The van der Waals surface area contributed by atoms with Crippen molar-refractivity contribution in [1.82, 2.24) is 9.97 Å². The maximum absolute atomic E-state index is 5.34. The summed E-state index contributed by atoms with van der Waals surface area (Å²) in [5.74, 6) is 0.674. The third-order valence-corrected chi connectivity index (χ3v) is 13.0. The SMILES string of the molecule is c1ccc(-c2cc(-c3ccccc3)cc(-c3c4ccccc4c(-c4cc(-c5ccccc5)cc(-c5ccccc5)c4)c4cc(-c5nc(-c6ccccc6)cc(-c6ccccc6)n5)ccc34)c2)cc1. The molecular formula is C66H44N2. The molecule has 0 amide bonds. The van der Waals surface area contributed by atoms with Crippen molar-refractivity contribution in [3.05, 3.63) is 267 Å². The first-order chi connectivity index (χ1) is 33.7. The van der Waals surface area contributed by atoms with E-state index in [-0.39, 0.29) is 0 Å². The maximum Gasteiger partial charge on any atom is 0.160 e. The minimum Gasteiger partial charge on any atom is -0.228 e. The fraction of sp³-hybridized carbons (Fsp3) is 0. The number of fused-ring (bicyclic) bond motifs is 2. The second-order valence-corrected chi connectivity index (χ2v) is 17.3. The lowest BCUT2D eigenvalue weighted by Crippen LogP contribution is -1.97. The zero-order valence-electron chi connectivity index (χ0n) is 37.3. The first-order valence-corrected chi connectivity index (χ1v) is 23.2. The van der Waals surface area contributed by atoms with Crippen LogP contribution < -0.4 is 0 Å². The third-order valence-electron chi connectivity index (χ3n) is 13.0. The van der Waals surface area contributed by atoms with Crippen LogP contribution in [0.2, 0.25) is 0 Å². The molecule has 1 heterocycles. The van der Waals surface area contributed by atoms with Crippen molar-refractivity contribution in [3.63, 3.8) is 0 Å². The zero-order valence-corrected chi connectivity index (χ0v) is 37.3. The highest BCUT2D eigenvalue weighted by Crippen LogP contribution is 2.47. The van der Waals surface area contributed by atoms with Crippen molar-refractivity contribution in [3.8, 4) is 101 Å². The highest BCUT2D eigenvalue weighted by Gasteiger charge is 2.21. The monoisotopic (exact) mass is 864 g/mol. The molecule has 0 fully saturated rings. The number of hydrogen-bond donors (Lipinski definition) is 0. The Hall–Kier alpha value is -8.98. The molecule has 1 aromatic heterocycles. The van der Waals surface area contributed by atoms with Gasteiger partial charge in [0, 0.05) is 16.7 Å². The molecule has 0 saturated heterocycles. The Morgan fingerprint density at radius 3 is 0.838 bits per heavy atom. The van der Waals surface area contributed by atoms with Gasteiger partial charge in [-0.3, -0.25) is 0 Å². The summed E-state index contributed by atoms with van der Waals surface area (Å²) in [4.78, 5) is 10.7. The van der Waals surface area contributed by atoms with E-state index in [0.717, 1.165) is 61.1 Å². The summed E-state index contributed by atoms with van der Waals surface area (Å²) in [6.07, 6.45) is 0. The standard InChI is InChI=1S/C66H44N2/c1-7-21-45(22-8-1)52-37-53(46-23-9-2-10-24-46)40-56(39-52)64-58-33-19-20-34-59(58)65(57-41-54(47-25-11-3-12-26-47)38-55(42-57)48-27-13-4-14-28-48)61-43-51(35-36-60(61)64)66-67-62(49-29-15-5-16-30-49)44-63(68-66)50-31-17-6-18-32-50/h1-44H. The van der Waals surface area contributed by atoms with Gasteiger partial charge in [0.05, 0.1) is 11.4 Å². The van der Waals surface area contributed by atoms with Gasteiger partial charge in [0.1, 0.15) is 0 Å². The smallest absolute Gasteiger partial charge is 0.160 e. The molecule has 0 saturated carbocycles. The van der Waals surface area contributed by atoms with E-state index in [1.54, 1.807) is 0 Å². The molecule has 11 aromatic carbocycles. The van der Waals surface area contributed by atoms with E-state index in [9.17, 15) is 0 Å². The van der Waals surface area contributed by atoms with Gasteiger partial charge in [-0.1, -0.05) is 218 Å². The van der Waals surface area contributed by atoms with Crippen LogP contribution in [0.25, 0.3) is 122 Å². The average molecular weight is 865 g/mol. The number of benzene rings is 11. The normalized spacial score (nSPS) is 11.2. The number of aromatic nitrogens is 2. The van der Waals surface area contributed by atoms with Gasteiger partial charge in [0.25, 0.3) is 0 Å². The average Bonchev–Trinajstić information content (AvgIpc) is 3.43. The first kappa shape index (κ1) is 40.5. The van der Waals surface area contributed by atoms with E-state index >= 15 is 0 Å². The summed E-state index contributed by atoms with van der Waals surface area (Å²) < 4.78 is 0. The van der Waals surface area contributed by atoms with Crippen LogP contribution in [0, 0.1) is 0 Å². The van der Waals surface area contributed by atoms with Crippen LogP contribution in [-0.2, 0) is 0 Å². The zero-order chi connectivity index (χ0) is 45.2. The van der Waals surface area contributed by atoms with Gasteiger partial charge in [0.2, 0.25) is 0 Å². The molecule has 2 nitrogen and oxygen atoms in total. The molecule has 0 atom stereocenters. The predicted molar refractivity (Wildman–Crippen MR) is 286 cm³/mol. The first-order valence-electron chi connectivity index (χ1n) is 23.2. The molecule has 0 aliphatic heterocycles. The van der Waals surface area contributed by atoms with Crippen LogP contribution in [0.5, 0.6) is 0 Å². The second kappa shape index (κ2) is 17.8. The van der Waals surface area contributed by atoms with Crippen LogP contribution in [0.15, 0.2) is 267 Å². The van der Waals surface area contributed by atoms with Crippen molar-refractivity contribution in [2.24, 2.45) is 0 Å². The van der Waals surface area contributed by atoms with Crippen LogP contribution in [0.3, 0.4) is 0 Å². The third kappa shape index (κ3) is 7.85. The van der Waals surface area contributed by atoms with E-state index in [1.807, 2.05) is 12.1 Å². The van der Waals surface area contributed by atoms with Crippen LogP contribution >= 0.6 is 0 Å². The number of rotatable bonds is 9. The van der Waals surface area contributed by atoms with Gasteiger partial charge in [0.15, 0.2) is 5.82 Å². The highest BCUT2D eigenvalue weighted by molar-refractivity contribution is 6.22. The van der Waals surface area contributed by atoms with Gasteiger partial charge in [-0.25, -0.2) is 9.97 Å².